The van der Waals surface area contributed by atoms with E-state index < -0.39 is 24.8 Å². The molecule has 4 rings (SSSR count). The molecule has 29 heavy (non-hydrogen) atoms. The minimum absolute atomic E-state index is 0.0193. The number of amides is 1. The van der Waals surface area contributed by atoms with Gasteiger partial charge in [-0.2, -0.15) is 5.26 Å². The molecule has 1 heterocycles. The summed E-state index contributed by atoms with van der Waals surface area (Å²) in [4.78, 5) is 37.8. The number of nitrogens with zero attached hydrogens (tertiary/aromatic N) is 2. The highest BCUT2D eigenvalue weighted by molar-refractivity contribution is 5.80. The highest BCUT2D eigenvalue weighted by Gasteiger charge is 2.53. The van der Waals surface area contributed by atoms with E-state index in [4.69, 9.17) is 14.7 Å². The van der Waals surface area contributed by atoms with E-state index in [-0.39, 0.29) is 42.3 Å². The van der Waals surface area contributed by atoms with Gasteiger partial charge in [0.25, 0.3) is 0 Å². The number of hydrogen-bond donors (Lipinski definition) is 1. The molecule has 3 saturated carbocycles. The lowest BCUT2D eigenvalue weighted by atomic mass is 9.57. The van der Waals surface area contributed by atoms with Crippen molar-refractivity contribution < 1.29 is 28.2 Å². The highest BCUT2D eigenvalue weighted by Crippen LogP contribution is 2.52. The predicted molar refractivity (Wildman–Crippen MR) is 98.8 cm³/mol. The van der Waals surface area contributed by atoms with Gasteiger partial charge in [0, 0.05) is 12.0 Å². The van der Waals surface area contributed by atoms with Gasteiger partial charge in [0.1, 0.15) is 12.6 Å². The van der Waals surface area contributed by atoms with Crippen LogP contribution in [0, 0.1) is 16.7 Å². The minimum atomic E-state index is -1.26. The molecule has 9 heteroatoms. The quantitative estimate of drug-likeness (QED) is 0.636. The Balaban J connectivity index is 1.54. The summed E-state index contributed by atoms with van der Waals surface area (Å²) in [6.45, 7) is 2.09. The number of nitrogens with one attached hydrogen (secondary N) is 1. The van der Waals surface area contributed by atoms with Crippen molar-refractivity contribution >= 4 is 17.8 Å². The Kier molecular flexibility index (Phi) is 6.42. The van der Waals surface area contributed by atoms with Crippen LogP contribution in [0.15, 0.2) is 0 Å². The van der Waals surface area contributed by atoms with E-state index in [9.17, 15) is 18.8 Å². The molecule has 2 bridgehead atoms. The van der Waals surface area contributed by atoms with Gasteiger partial charge in [0.05, 0.1) is 31.2 Å². The summed E-state index contributed by atoms with van der Waals surface area (Å²) in [5.74, 6) is -1.20. The van der Waals surface area contributed by atoms with Crippen LogP contribution in [0.25, 0.3) is 0 Å². The molecule has 1 amide bonds. The zero-order valence-electron chi connectivity index (χ0n) is 16.7. The third-order valence-electron chi connectivity index (χ3n) is 6.58. The summed E-state index contributed by atoms with van der Waals surface area (Å²) in [6.07, 6.45) is 1.82. The molecule has 4 aliphatic rings. The molecule has 160 valence electrons. The van der Waals surface area contributed by atoms with Crippen molar-refractivity contribution in [3.63, 3.8) is 0 Å². The largest absolute Gasteiger partial charge is 0.466 e. The summed E-state index contributed by atoms with van der Waals surface area (Å²) in [5.41, 5.74) is -0.592. The fourth-order valence-corrected chi connectivity index (χ4v) is 4.79. The molecule has 0 unspecified atom stereocenters. The molecule has 8 nitrogen and oxygen atoms in total. The van der Waals surface area contributed by atoms with Crippen molar-refractivity contribution in [1.82, 2.24) is 10.2 Å². The number of carbonyl (C=O) groups excluding carboxylic acids is 3. The fraction of sp³-hybridized carbons (Fsp3) is 0.800. The van der Waals surface area contributed by atoms with Crippen LogP contribution in [-0.4, -0.2) is 60.4 Å². The van der Waals surface area contributed by atoms with E-state index in [1.54, 1.807) is 6.07 Å². The summed E-state index contributed by atoms with van der Waals surface area (Å²) >= 11 is 0. The number of hydrogen-bond acceptors (Lipinski definition) is 7. The van der Waals surface area contributed by atoms with Gasteiger partial charge in [-0.25, -0.2) is 4.39 Å². The SMILES string of the molecule is CCOC(=O)C12CCC(NCC(=O)N3C[C@@H](F)C[C@@H]3OC(=O)CC#N)(CC1)CC2. The Morgan fingerprint density at radius 1 is 1.21 bits per heavy atom. The Bertz CT molecular complexity index is 682. The summed E-state index contributed by atoms with van der Waals surface area (Å²) in [7, 11) is 0. The van der Waals surface area contributed by atoms with E-state index in [0.29, 0.717) is 6.61 Å². The first-order chi connectivity index (χ1) is 13.8. The molecular formula is C20H28FN3O5. The van der Waals surface area contributed by atoms with Gasteiger partial charge < -0.3 is 19.7 Å². The maximum Gasteiger partial charge on any atom is 0.322 e. The van der Waals surface area contributed by atoms with E-state index >= 15 is 0 Å². The van der Waals surface area contributed by atoms with Crippen molar-refractivity contribution in [2.24, 2.45) is 5.41 Å². The average Bonchev–Trinajstić information content (AvgIpc) is 3.08. The first-order valence-electron chi connectivity index (χ1n) is 10.3. The molecule has 3 aliphatic carbocycles. The Labute approximate surface area is 169 Å². The molecule has 0 spiro atoms. The van der Waals surface area contributed by atoms with Crippen LogP contribution in [0.1, 0.15) is 58.3 Å². The normalized spacial score (nSPS) is 33.2. The Hall–Kier alpha value is -2.21. The van der Waals surface area contributed by atoms with Crippen molar-refractivity contribution in [2.45, 2.75) is 76.2 Å². The Morgan fingerprint density at radius 3 is 2.45 bits per heavy atom. The molecule has 0 aromatic rings. The van der Waals surface area contributed by atoms with Crippen molar-refractivity contribution in [2.75, 3.05) is 19.7 Å². The third kappa shape index (κ3) is 4.53. The monoisotopic (exact) mass is 409 g/mol. The molecule has 2 atom stereocenters. The number of fused-ring (bicyclic) bond motifs is 3. The summed E-state index contributed by atoms with van der Waals surface area (Å²) in [5, 5.41) is 11.9. The van der Waals surface area contributed by atoms with E-state index in [1.807, 2.05) is 6.92 Å². The van der Waals surface area contributed by atoms with Crippen LogP contribution >= 0.6 is 0 Å². The van der Waals surface area contributed by atoms with Crippen LogP contribution in [0.5, 0.6) is 0 Å². The van der Waals surface area contributed by atoms with Gasteiger partial charge in [-0.3, -0.25) is 14.4 Å². The van der Waals surface area contributed by atoms with Gasteiger partial charge >= 0.3 is 11.9 Å². The van der Waals surface area contributed by atoms with Crippen LogP contribution in [0.4, 0.5) is 4.39 Å². The van der Waals surface area contributed by atoms with Crippen molar-refractivity contribution in [3.8, 4) is 6.07 Å². The predicted octanol–water partition coefficient (Wildman–Crippen LogP) is 1.59. The van der Waals surface area contributed by atoms with Gasteiger partial charge in [-0.05, 0) is 45.4 Å². The number of ether oxygens (including phenoxy) is 2. The van der Waals surface area contributed by atoms with Gasteiger partial charge in [0.15, 0.2) is 6.23 Å². The first kappa shape index (κ1) is 21.5. The second-order valence-electron chi connectivity index (χ2n) is 8.29. The minimum Gasteiger partial charge on any atom is -0.466 e. The van der Waals surface area contributed by atoms with Gasteiger partial charge in [-0.15, -0.1) is 0 Å². The highest BCUT2D eigenvalue weighted by atomic mass is 19.1. The van der Waals surface area contributed by atoms with E-state index in [1.165, 1.54) is 4.90 Å². The molecule has 0 aromatic heterocycles. The van der Waals surface area contributed by atoms with Crippen LogP contribution < -0.4 is 5.32 Å². The number of nitriles is 1. The molecule has 1 aliphatic heterocycles. The molecule has 4 fully saturated rings. The maximum absolute atomic E-state index is 13.8. The van der Waals surface area contributed by atoms with Gasteiger partial charge in [0.2, 0.25) is 5.91 Å². The fourth-order valence-electron chi connectivity index (χ4n) is 4.79. The van der Waals surface area contributed by atoms with E-state index in [2.05, 4.69) is 5.32 Å². The maximum atomic E-state index is 13.8. The first-order valence-corrected chi connectivity index (χ1v) is 10.3. The zero-order valence-corrected chi connectivity index (χ0v) is 16.7. The summed E-state index contributed by atoms with van der Waals surface area (Å²) < 4.78 is 24.2. The number of esters is 2. The lowest BCUT2D eigenvalue weighted by Crippen LogP contribution is -2.59. The molecule has 0 radical (unpaired) electrons. The molecule has 1 N–H and O–H groups in total. The number of likely N-dealkylation sites (tertiary alicyclic amines) is 1. The number of rotatable bonds is 7. The lowest BCUT2D eigenvalue weighted by Gasteiger charge is -2.52. The molecular weight excluding hydrogens is 381 g/mol. The van der Waals surface area contributed by atoms with E-state index in [0.717, 1.165) is 38.5 Å². The standard InChI is InChI=1S/C20H28FN3O5/c1-2-28-18(27)19-4-7-20(8-5-19,9-6-19)23-12-15(25)24-13-14(21)11-16(24)29-17(26)3-10-22/h14,16,23H,2-9,11-13H2,1H3/t14-,16-,19?,20?/m0/s1. The van der Waals surface area contributed by atoms with Crippen molar-refractivity contribution in [3.05, 3.63) is 0 Å². The third-order valence-corrected chi connectivity index (χ3v) is 6.58. The average molecular weight is 409 g/mol. The smallest absolute Gasteiger partial charge is 0.322 e. The topological polar surface area (TPSA) is 109 Å². The summed E-state index contributed by atoms with van der Waals surface area (Å²) in [6, 6.07) is 1.68. The van der Waals surface area contributed by atoms with Crippen molar-refractivity contribution in [1.29, 1.82) is 5.26 Å². The molecule has 0 aromatic carbocycles. The van der Waals surface area contributed by atoms with Crippen LogP contribution in [0.3, 0.4) is 0 Å². The number of halogens is 1. The number of carbonyl (C=O) groups is 3. The second kappa shape index (κ2) is 8.66. The lowest BCUT2D eigenvalue weighted by molar-refractivity contribution is -0.165. The Morgan fingerprint density at radius 2 is 1.86 bits per heavy atom. The van der Waals surface area contributed by atoms with Crippen LogP contribution in [-0.2, 0) is 23.9 Å². The van der Waals surface area contributed by atoms with Gasteiger partial charge in [-0.1, -0.05) is 0 Å². The second-order valence-corrected chi connectivity index (χ2v) is 8.29. The number of alkyl halides is 1. The molecule has 1 saturated heterocycles. The zero-order chi connectivity index (χ0) is 21.1. The van der Waals surface area contributed by atoms with Crippen LogP contribution in [0.2, 0.25) is 0 Å².